The molecule has 0 amide bonds. The highest BCUT2D eigenvalue weighted by Crippen LogP contribution is 2.40. The van der Waals surface area contributed by atoms with Crippen LogP contribution < -0.4 is 13.9 Å². The zero-order chi connectivity index (χ0) is 26.6. The van der Waals surface area contributed by atoms with E-state index in [1.54, 1.807) is 32.4 Å². The molecular weight excluding hydrogens is 534 g/mol. The molecule has 0 saturated carbocycles. The number of rotatable bonds is 8. The minimum Gasteiger partial charge on any atom is -0.481 e. The van der Waals surface area contributed by atoms with Crippen molar-refractivity contribution in [3.8, 4) is 17.3 Å². The molecule has 5 heterocycles. The molecule has 0 aromatic carbocycles. The fourth-order valence-electron chi connectivity index (χ4n) is 3.75. The lowest BCUT2D eigenvalue weighted by Crippen LogP contribution is -2.36. The summed E-state index contributed by atoms with van der Waals surface area (Å²) in [5.74, 6) is 0.957. The quantitative estimate of drug-likeness (QED) is 0.250. The molecular formula is C23H23N7O6S2. The van der Waals surface area contributed by atoms with E-state index < -0.39 is 17.2 Å². The molecule has 4 aromatic rings. The Morgan fingerprint density at radius 1 is 1.18 bits per heavy atom. The zero-order valence-corrected chi connectivity index (χ0v) is 22.1. The topological polar surface area (TPSA) is 153 Å². The fourth-order valence-corrected chi connectivity index (χ4v) is 5.51. The Morgan fingerprint density at radius 3 is 2.58 bits per heavy atom. The van der Waals surface area contributed by atoms with Crippen LogP contribution in [0.2, 0.25) is 0 Å². The van der Waals surface area contributed by atoms with Gasteiger partial charge in [-0.2, -0.15) is 4.31 Å². The third-order valence-electron chi connectivity index (χ3n) is 5.54. The summed E-state index contributed by atoms with van der Waals surface area (Å²) in [6, 6.07) is 5.23. The lowest BCUT2D eigenvalue weighted by atomic mass is 10.2. The van der Waals surface area contributed by atoms with Crippen molar-refractivity contribution < 1.29 is 27.8 Å². The lowest BCUT2D eigenvalue weighted by Gasteiger charge is -2.28. The van der Waals surface area contributed by atoms with Gasteiger partial charge in [0.25, 0.3) is 11.3 Å². The van der Waals surface area contributed by atoms with Crippen LogP contribution in [0.1, 0.15) is 17.3 Å². The highest BCUT2D eigenvalue weighted by atomic mass is 32.2. The molecule has 1 unspecified atom stereocenters. The van der Waals surface area contributed by atoms with Gasteiger partial charge in [-0.25, -0.2) is 33.9 Å². The van der Waals surface area contributed by atoms with Gasteiger partial charge in [0.05, 0.1) is 42.7 Å². The summed E-state index contributed by atoms with van der Waals surface area (Å²) in [5.41, 5.74) is 1.40. The van der Waals surface area contributed by atoms with Crippen molar-refractivity contribution in [1.29, 1.82) is 0 Å². The van der Waals surface area contributed by atoms with Crippen LogP contribution in [-0.4, -0.2) is 79.7 Å². The predicted molar refractivity (Wildman–Crippen MR) is 141 cm³/mol. The van der Waals surface area contributed by atoms with Crippen molar-refractivity contribution >= 4 is 55.6 Å². The highest BCUT2D eigenvalue weighted by molar-refractivity contribution is 7.81. The number of methoxy groups -OCH3 is 1. The molecule has 1 aliphatic heterocycles. The number of hydrogen-bond donors (Lipinski definition) is 1. The number of carbonyl (C=O) groups is 1. The number of pyridine rings is 1. The summed E-state index contributed by atoms with van der Waals surface area (Å²) in [5, 5.41) is 0.374. The van der Waals surface area contributed by atoms with Crippen LogP contribution in [0.3, 0.4) is 0 Å². The Hall–Kier alpha value is -3.79. The minimum absolute atomic E-state index is 0.0640. The molecule has 1 atom stereocenters. The van der Waals surface area contributed by atoms with Gasteiger partial charge in [-0.05, 0) is 13.0 Å². The molecule has 5 rings (SSSR count). The van der Waals surface area contributed by atoms with E-state index in [0.717, 1.165) is 9.01 Å². The third-order valence-corrected chi connectivity index (χ3v) is 7.44. The molecule has 0 spiro atoms. The standard InChI is InChI=1S/C23H23N7O6S2/c1-3-36-22(31)15-12-25-23(26-13-15)30(38(32)33)18-10-16-19(37-18)21(29-6-8-35-9-7-29)28-20(27-16)14-4-5-17(34-2)24-11-14/h4-5,10-13H,3,6-9H2,1-2H3,(H,32,33). The number of aromatic nitrogens is 5. The fraction of sp³-hybridized carbons (Fsp3) is 0.304. The van der Waals surface area contributed by atoms with Crippen molar-refractivity contribution in [2.24, 2.45) is 0 Å². The number of fused-ring (bicyclic) bond motifs is 1. The predicted octanol–water partition coefficient (Wildman–Crippen LogP) is 2.84. The van der Waals surface area contributed by atoms with Crippen LogP contribution in [0.4, 0.5) is 16.8 Å². The smallest absolute Gasteiger partial charge is 0.341 e. The Morgan fingerprint density at radius 2 is 1.95 bits per heavy atom. The number of anilines is 3. The van der Waals surface area contributed by atoms with E-state index in [0.29, 0.717) is 59.9 Å². The van der Waals surface area contributed by atoms with Crippen molar-refractivity contribution in [2.75, 3.05) is 49.2 Å². The van der Waals surface area contributed by atoms with E-state index in [-0.39, 0.29) is 18.1 Å². The molecule has 1 fully saturated rings. The van der Waals surface area contributed by atoms with Gasteiger partial charge in [-0.3, -0.25) is 4.55 Å². The molecule has 1 aliphatic rings. The molecule has 198 valence electrons. The van der Waals surface area contributed by atoms with Gasteiger partial charge >= 0.3 is 5.97 Å². The van der Waals surface area contributed by atoms with Gasteiger partial charge in [0.1, 0.15) is 5.00 Å². The van der Waals surface area contributed by atoms with Gasteiger partial charge in [-0.15, -0.1) is 11.3 Å². The molecule has 0 bridgehead atoms. The number of esters is 1. The normalized spacial score (nSPS) is 14.3. The summed E-state index contributed by atoms with van der Waals surface area (Å²) in [6.45, 7) is 4.26. The van der Waals surface area contributed by atoms with Gasteiger partial charge in [-0.1, -0.05) is 0 Å². The number of ether oxygens (including phenoxy) is 3. The average Bonchev–Trinajstić information content (AvgIpc) is 3.37. The Labute approximate surface area is 223 Å². The second kappa shape index (κ2) is 11.3. The second-order valence-electron chi connectivity index (χ2n) is 7.88. The molecule has 15 heteroatoms. The van der Waals surface area contributed by atoms with Crippen LogP contribution in [0.5, 0.6) is 5.88 Å². The summed E-state index contributed by atoms with van der Waals surface area (Å²) in [6.07, 6.45) is 4.13. The maximum Gasteiger partial charge on any atom is 0.341 e. The number of carbonyl (C=O) groups excluding carboxylic acids is 1. The summed E-state index contributed by atoms with van der Waals surface area (Å²) < 4.78 is 40.0. The second-order valence-corrected chi connectivity index (χ2v) is 9.73. The highest BCUT2D eigenvalue weighted by Gasteiger charge is 2.26. The Kier molecular flexibility index (Phi) is 7.69. The largest absolute Gasteiger partial charge is 0.481 e. The van der Waals surface area contributed by atoms with Crippen molar-refractivity contribution in [1.82, 2.24) is 24.9 Å². The Bertz CT molecular complexity index is 1460. The van der Waals surface area contributed by atoms with Crippen molar-refractivity contribution in [3.63, 3.8) is 0 Å². The maximum atomic E-state index is 12.4. The molecule has 1 N–H and O–H groups in total. The molecule has 13 nitrogen and oxygen atoms in total. The van der Waals surface area contributed by atoms with Gasteiger partial charge in [0, 0.05) is 49.4 Å². The van der Waals surface area contributed by atoms with Crippen LogP contribution >= 0.6 is 11.3 Å². The van der Waals surface area contributed by atoms with Crippen LogP contribution in [0, 0.1) is 0 Å². The van der Waals surface area contributed by atoms with Crippen LogP contribution in [0.15, 0.2) is 36.8 Å². The molecule has 1 saturated heterocycles. The number of hydrogen-bond acceptors (Lipinski definition) is 12. The number of morpholine rings is 1. The van der Waals surface area contributed by atoms with E-state index in [1.807, 2.05) is 6.07 Å². The average molecular weight is 558 g/mol. The first-order chi connectivity index (χ1) is 18.5. The van der Waals surface area contributed by atoms with Crippen molar-refractivity contribution in [2.45, 2.75) is 6.92 Å². The van der Waals surface area contributed by atoms with Gasteiger partial charge in [0.15, 0.2) is 11.6 Å². The molecule has 38 heavy (non-hydrogen) atoms. The summed E-state index contributed by atoms with van der Waals surface area (Å²) >= 11 is -1.28. The van der Waals surface area contributed by atoms with Crippen molar-refractivity contribution in [3.05, 3.63) is 42.4 Å². The van der Waals surface area contributed by atoms with E-state index in [9.17, 15) is 13.6 Å². The monoisotopic (exact) mass is 557 g/mol. The maximum absolute atomic E-state index is 12.4. The van der Waals surface area contributed by atoms with Crippen LogP contribution in [0.25, 0.3) is 21.6 Å². The van der Waals surface area contributed by atoms with Gasteiger partial charge in [0.2, 0.25) is 11.8 Å². The minimum atomic E-state index is -2.51. The lowest BCUT2D eigenvalue weighted by molar-refractivity contribution is 0.0525. The summed E-state index contributed by atoms with van der Waals surface area (Å²) in [4.78, 5) is 36.1. The molecule has 0 aliphatic carbocycles. The number of nitrogens with zero attached hydrogens (tertiary/aromatic N) is 7. The van der Waals surface area contributed by atoms with Crippen LogP contribution in [-0.2, 0) is 20.7 Å². The first-order valence-corrected chi connectivity index (χ1v) is 13.4. The first kappa shape index (κ1) is 25.8. The zero-order valence-electron chi connectivity index (χ0n) is 20.4. The SMILES string of the molecule is CCOC(=O)c1cnc(N(c2cc3nc(-c4ccc(OC)nc4)nc(N4CCOCC4)c3s2)S(=O)O)nc1. The van der Waals surface area contributed by atoms with E-state index in [2.05, 4.69) is 19.9 Å². The van der Waals surface area contributed by atoms with E-state index in [1.165, 1.54) is 23.7 Å². The number of thiophene rings is 1. The first-order valence-electron chi connectivity index (χ1n) is 11.5. The third kappa shape index (κ3) is 5.26. The van der Waals surface area contributed by atoms with E-state index >= 15 is 0 Å². The van der Waals surface area contributed by atoms with Gasteiger partial charge < -0.3 is 19.1 Å². The summed E-state index contributed by atoms with van der Waals surface area (Å²) in [7, 11) is 1.54. The Balaban J connectivity index is 1.58. The van der Waals surface area contributed by atoms with E-state index in [4.69, 9.17) is 24.2 Å². The molecule has 4 aromatic heterocycles. The molecule has 0 radical (unpaired) electrons.